The van der Waals surface area contributed by atoms with Crippen LogP contribution in [0.25, 0.3) is 0 Å². The Bertz CT molecular complexity index is 332. The highest BCUT2D eigenvalue weighted by Crippen LogP contribution is 2.16. The average molecular weight is 263 g/mol. The molecule has 0 aliphatic rings. The Morgan fingerprint density at radius 2 is 1.67 bits per heavy atom. The van der Waals surface area contributed by atoms with E-state index in [0.717, 1.165) is 0 Å². The summed E-state index contributed by atoms with van der Waals surface area (Å²) < 4.78 is 29.7. The van der Waals surface area contributed by atoms with Gasteiger partial charge in [-0.3, -0.25) is 4.79 Å². The quantitative estimate of drug-likeness (QED) is 0.546. The van der Waals surface area contributed by atoms with Crippen molar-refractivity contribution in [1.82, 2.24) is 4.90 Å². The smallest absolute Gasteiger partial charge is 0.401 e. The molecule has 6 heteroatoms. The number of hydrogen-bond acceptors (Lipinski definition) is 3. The van der Waals surface area contributed by atoms with E-state index < -0.39 is 23.7 Å². The molecule has 4 nitrogen and oxygen atoms in total. The largest absolute Gasteiger partial charge is 0.415 e. The Kier molecular flexibility index (Phi) is 7.16. The van der Waals surface area contributed by atoms with E-state index in [-0.39, 0.29) is 12.3 Å². The zero-order valence-corrected chi connectivity index (χ0v) is 11.1. The average Bonchev–Trinajstić information content (AvgIpc) is 2.25. The van der Waals surface area contributed by atoms with E-state index in [1.165, 1.54) is 4.90 Å². The normalized spacial score (nSPS) is 10.2. The van der Waals surface area contributed by atoms with Crippen LogP contribution in [0.1, 0.15) is 34.1 Å². The highest BCUT2D eigenvalue weighted by molar-refractivity contribution is 5.95. The van der Waals surface area contributed by atoms with Crippen LogP contribution < -0.4 is 0 Å². The fraction of sp³-hybridized carbons (Fsp3) is 0.667. The van der Waals surface area contributed by atoms with Gasteiger partial charge in [0.05, 0.1) is 0 Å². The van der Waals surface area contributed by atoms with Crippen LogP contribution in [0.3, 0.4) is 0 Å². The molecule has 0 fully saturated rings. The summed E-state index contributed by atoms with van der Waals surface area (Å²) in [6.07, 6.45) is -3.28. The third kappa shape index (κ3) is 5.25. The molecule has 0 rings (SSSR count). The molecule has 0 N–H and O–H groups in total. The van der Waals surface area contributed by atoms with Crippen LogP contribution in [-0.4, -0.2) is 29.9 Å². The number of nitrogens with zero attached hydrogens (tertiary/aromatic N) is 1. The van der Waals surface area contributed by atoms with Gasteiger partial charge in [-0.2, -0.15) is 8.78 Å². The van der Waals surface area contributed by atoms with Crippen molar-refractivity contribution in [2.45, 2.75) is 34.1 Å². The lowest BCUT2D eigenvalue weighted by molar-refractivity contribution is -0.119. The molecular weight excluding hydrogens is 244 g/mol. The lowest BCUT2D eigenvalue weighted by Gasteiger charge is -2.18. The molecule has 104 valence electrons. The van der Waals surface area contributed by atoms with E-state index in [9.17, 15) is 18.4 Å². The van der Waals surface area contributed by atoms with Crippen LogP contribution in [0.15, 0.2) is 11.8 Å². The molecule has 0 heterocycles. The summed E-state index contributed by atoms with van der Waals surface area (Å²) in [6.45, 7) is 7.48. The minimum absolute atomic E-state index is 0.0843. The van der Waals surface area contributed by atoms with E-state index in [1.807, 2.05) is 0 Å². The first kappa shape index (κ1) is 16.5. The van der Waals surface area contributed by atoms with Crippen molar-refractivity contribution in [3.05, 3.63) is 11.8 Å². The SMILES string of the molecule is CCN(CC)C(=O)OC(C(=O)CC(C)C)=C(F)F. The van der Waals surface area contributed by atoms with E-state index >= 15 is 0 Å². The van der Waals surface area contributed by atoms with Gasteiger partial charge in [-0.05, 0) is 19.8 Å². The standard InChI is InChI=1S/C12H19F2NO3/c1-5-15(6-2)12(17)18-10(11(13)14)9(16)7-8(3)4/h8H,5-7H2,1-4H3. The van der Waals surface area contributed by atoms with Gasteiger partial charge in [-0.1, -0.05) is 13.8 Å². The molecule has 0 bridgehead atoms. The fourth-order valence-electron chi connectivity index (χ4n) is 1.30. The molecule has 0 aromatic rings. The second-order valence-electron chi connectivity index (χ2n) is 4.15. The number of carbonyl (C=O) groups is 2. The molecule has 0 unspecified atom stereocenters. The fourth-order valence-corrected chi connectivity index (χ4v) is 1.30. The maximum absolute atomic E-state index is 12.6. The van der Waals surface area contributed by atoms with Gasteiger partial charge < -0.3 is 9.64 Å². The molecule has 0 saturated carbocycles. The van der Waals surface area contributed by atoms with Crippen LogP contribution in [0.2, 0.25) is 0 Å². The van der Waals surface area contributed by atoms with Gasteiger partial charge in [0, 0.05) is 19.5 Å². The lowest BCUT2D eigenvalue weighted by Crippen LogP contribution is -2.32. The van der Waals surface area contributed by atoms with E-state index in [2.05, 4.69) is 4.74 Å². The van der Waals surface area contributed by atoms with Gasteiger partial charge in [0.1, 0.15) is 0 Å². The van der Waals surface area contributed by atoms with Crippen LogP contribution in [-0.2, 0) is 9.53 Å². The zero-order valence-electron chi connectivity index (χ0n) is 11.1. The van der Waals surface area contributed by atoms with Gasteiger partial charge >= 0.3 is 12.2 Å². The number of hydrogen-bond donors (Lipinski definition) is 0. The van der Waals surface area contributed by atoms with Crippen molar-refractivity contribution in [3.8, 4) is 0 Å². The van der Waals surface area contributed by atoms with Crippen molar-refractivity contribution >= 4 is 11.9 Å². The van der Waals surface area contributed by atoms with Gasteiger partial charge in [0.2, 0.25) is 11.5 Å². The molecule has 0 saturated heterocycles. The molecule has 1 amide bonds. The van der Waals surface area contributed by atoms with Crippen LogP contribution in [0, 0.1) is 5.92 Å². The Morgan fingerprint density at radius 3 is 2.00 bits per heavy atom. The molecule has 0 radical (unpaired) electrons. The summed E-state index contributed by atoms with van der Waals surface area (Å²) in [4.78, 5) is 24.2. The second kappa shape index (κ2) is 7.79. The predicted octanol–water partition coefficient (Wildman–Crippen LogP) is 3.19. The van der Waals surface area contributed by atoms with E-state index in [4.69, 9.17) is 0 Å². The number of ketones is 1. The van der Waals surface area contributed by atoms with Crippen molar-refractivity contribution in [3.63, 3.8) is 0 Å². The maximum atomic E-state index is 12.6. The molecule has 0 aliphatic heterocycles. The molecular formula is C12H19F2NO3. The number of amides is 1. The maximum Gasteiger partial charge on any atom is 0.415 e. The second-order valence-corrected chi connectivity index (χ2v) is 4.15. The lowest BCUT2D eigenvalue weighted by atomic mass is 10.1. The number of rotatable bonds is 6. The first-order chi connectivity index (χ1) is 8.33. The number of ether oxygens (including phenoxy) is 1. The highest BCUT2D eigenvalue weighted by atomic mass is 19.3. The van der Waals surface area contributed by atoms with Crippen molar-refractivity contribution in [2.24, 2.45) is 5.92 Å². The summed E-state index contributed by atoms with van der Waals surface area (Å²) in [5.41, 5.74) is 0. The van der Waals surface area contributed by atoms with Crippen LogP contribution >= 0.6 is 0 Å². The number of halogens is 2. The van der Waals surface area contributed by atoms with E-state index in [0.29, 0.717) is 13.1 Å². The molecule has 18 heavy (non-hydrogen) atoms. The van der Waals surface area contributed by atoms with Gasteiger partial charge in [-0.15, -0.1) is 0 Å². The van der Waals surface area contributed by atoms with Gasteiger partial charge in [0.15, 0.2) is 0 Å². The Morgan fingerprint density at radius 1 is 1.17 bits per heavy atom. The summed E-state index contributed by atoms with van der Waals surface area (Å²) in [5.74, 6) is -2.08. The monoisotopic (exact) mass is 263 g/mol. The number of allylic oxidation sites excluding steroid dienone is 1. The topological polar surface area (TPSA) is 46.6 Å². The number of carbonyl (C=O) groups excluding carboxylic acids is 2. The third-order valence-electron chi connectivity index (χ3n) is 2.23. The van der Waals surface area contributed by atoms with E-state index in [1.54, 1.807) is 27.7 Å². The third-order valence-corrected chi connectivity index (χ3v) is 2.23. The molecule has 0 aliphatic carbocycles. The minimum Gasteiger partial charge on any atom is -0.401 e. The minimum atomic E-state index is -2.26. The van der Waals surface area contributed by atoms with Gasteiger partial charge in [-0.25, -0.2) is 4.79 Å². The first-order valence-corrected chi connectivity index (χ1v) is 5.88. The summed E-state index contributed by atoms with van der Waals surface area (Å²) in [7, 11) is 0. The van der Waals surface area contributed by atoms with Gasteiger partial charge in [0.25, 0.3) is 0 Å². The summed E-state index contributed by atoms with van der Waals surface area (Å²) in [6, 6.07) is 0. The zero-order chi connectivity index (χ0) is 14.3. The van der Waals surface area contributed by atoms with Crippen molar-refractivity contribution in [2.75, 3.05) is 13.1 Å². The molecule has 0 aromatic carbocycles. The summed E-state index contributed by atoms with van der Waals surface area (Å²) in [5, 5.41) is 0. The first-order valence-electron chi connectivity index (χ1n) is 5.88. The Hall–Kier alpha value is -1.46. The molecule has 0 atom stereocenters. The molecule has 0 spiro atoms. The highest BCUT2D eigenvalue weighted by Gasteiger charge is 2.24. The Balaban J connectivity index is 4.82. The predicted molar refractivity (Wildman–Crippen MR) is 63.1 cm³/mol. The van der Waals surface area contributed by atoms with Crippen LogP contribution in [0.5, 0.6) is 0 Å². The summed E-state index contributed by atoms with van der Waals surface area (Å²) >= 11 is 0. The van der Waals surface area contributed by atoms with Crippen LogP contribution in [0.4, 0.5) is 13.6 Å². The van der Waals surface area contributed by atoms with Crippen molar-refractivity contribution in [1.29, 1.82) is 0 Å². The number of Topliss-reactive ketones (excluding diaryl/α,β-unsaturated/α-hetero) is 1. The van der Waals surface area contributed by atoms with Crippen molar-refractivity contribution < 1.29 is 23.1 Å². The Labute approximate surface area is 106 Å². The molecule has 0 aromatic heterocycles.